The zero-order chi connectivity index (χ0) is 15.5. The Bertz CT molecular complexity index is 605. The molecule has 1 unspecified atom stereocenters. The maximum atomic E-state index is 12.2. The van der Waals surface area contributed by atoms with Gasteiger partial charge in [-0.15, -0.1) is 0 Å². The Kier molecular flexibility index (Phi) is 4.61. The van der Waals surface area contributed by atoms with Crippen LogP contribution in [0.25, 0.3) is 0 Å². The molecule has 0 saturated carbocycles. The molecule has 2 heterocycles. The largest absolute Gasteiger partial charge is 0.462 e. The van der Waals surface area contributed by atoms with E-state index in [4.69, 9.17) is 9.47 Å². The quantitative estimate of drug-likeness (QED) is 0.574. The summed E-state index contributed by atoms with van der Waals surface area (Å²) in [5.74, 6) is -0.783. The molecule has 1 atom stereocenters. The molecule has 1 aliphatic rings. The average Bonchev–Trinajstić information content (AvgIpc) is 3.06. The number of nitrogens with one attached hydrogen (secondary N) is 2. The second-order valence-corrected chi connectivity index (χ2v) is 6.39. The molecule has 2 rings (SSSR count). The number of hydrogen-bond donors (Lipinski definition) is 3. The molecule has 0 aromatic carbocycles. The van der Waals surface area contributed by atoms with Crippen molar-refractivity contribution < 1.29 is 27.8 Å². The SMILES string of the molecule is CCOC(=O)c1cn[nH]c1S(=O)(=O)NCC1(O)CCOC1. The molecule has 10 heteroatoms. The van der Waals surface area contributed by atoms with Gasteiger partial charge in [-0.1, -0.05) is 0 Å². The lowest BCUT2D eigenvalue weighted by atomic mass is 10.1. The summed E-state index contributed by atoms with van der Waals surface area (Å²) in [6.07, 6.45) is 1.42. The first-order valence-corrected chi connectivity index (χ1v) is 7.86. The van der Waals surface area contributed by atoms with Gasteiger partial charge in [0.05, 0.1) is 19.4 Å². The highest BCUT2D eigenvalue weighted by molar-refractivity contribution is 7.89. The van der Waals surface area contributed by atoms with Crippen LogP contribution in [0.1, 0.15) is 23.7 Å². The number of aliphatic hydroxyl groups is 1. The number of ether oxygens (including phenoxy) is 2. The second-order valence-electron chi connectivity index (χ2n) is 4.68. The number of aromatic nitrogens is 2. The highest BCUT2D eigenvalue weighted by Gasteiger charge is 2.35. The minimum atomic E-state index is -4.02. The van der Waals surface area contributed by atoms with Gasteiger partial charge < -0.3 is 14.6 Å². The van der Waals surface area contributed by atoms with Crippen LogP contribution in [0.3, 0.4) is 0 Å². The van der Waals surface area contributed by atoms with E-state index in [9.17, 15) is 18.3 Å². The van der Waals surface area contributed by atoms with Gasteiger partial charge in [-0.25, -0.2) is 17.9 Å². The number of nitrogens with zero attached hydrogens (tertiary/aromatic N) is 1. The molecule has 1 saturated heterocycles. The van der Waals surface area contributed by atoms with Crippen molar-refractivity contribution in [3.05, 3.63) is 11.8 Å². The summed E-state index contributed by atoms with van der Waals surface area (Å²) < 4.78 is 36.4. The topological polar surface area (TPSA) is 131 Å². The van der Waals surface area contributed by atoms with Gasteiger partial charge in [0.2, 0.25) is 0 Å². The van der Waals surface area contributed by atoms with Crippen LogP contribution >= 0.6 is 0 Å². The third-order valence-electron chi connectivity index (χ3n) is 3.04. The maximum absolute atomic E-state index is 12.2. The Hall–Kier alpha value is -1.49. The van der Waals surface area contributed by atoms with Crippen LogP contribution in [0.5, 0.6) is 0 Å². The van der Waals surface area contributed by atoms with Crippen LogP contribution in [0.15, 0.2) is 11.2 Å². The molecule has 9 nitrogen and oxygen atoms in total. The first-order chi connectivity index (χ1) is 9.88. The number of H-pyrrole nitrogens is 1. The van der Waals surface area contributed by atoms with Gasteiger partial charge >= 0.3 is 5.97 Å². The van der Waals surface area contributed by atoms with E-state index in [0.717, 1.165) is 6.20 Å². The van der Waals surface area contributed by atoms with Gasteiger partial charge in [-0.05, 0) is 6.92 Å². The molecule has 0 bridgehead atoms. The normalized spacial score (nSPS) is 22.4. The third kappa shape index (κ3) is 3.59. The van der Waals surface area contributed by atoms with E-state index in [1.807, 2.05) is 0 Å². The van der Waals surface area contributed by atoms with Gasteiger partial charge in [0.15, 0.2) is 5.03 Å². The van der Waals surface area contributed by atoms with Gasteiger partial charge in [0.25, 0.3) is 10.0 Å². The molecule has 118 valence electrons. The molecular formula is C11H17N3O6S. The monoisotopic (exact) mass is 319 g/mol. The van der Waals surface area contributed by atoms with Crippen molar-refractivity contribution >= 4 is 16.0 Å². The summed E-state index contributed by atoms with van der Waals surface area (Å²) in [6.45, 7) is 1.95. The molecule has 1 aromatic heterocycles. The molecule has 21 heavy (non-hydrogen) atoms. The molecule has 1 fully saturated rings. The summed E-state index contributed by atoms with van der Waals surface area (Å²) in [4.78, 5) is 11.7. The first-order valence-electron chi connectivity index (χ1n) is 6.38. The van der Waals surface area contributed by atoms with Crippen LogP contribution in [-0.2, 0) is 19.5 Å². The van der Waals surface area contributed by atoms with E-state index in [0.29, 0.717) is 13.0 Å². The van der Waals surface area contributed by atoms with Crippen LogP contribution < -0.4 is 4.72 Å². The van der Waals surface area contributed by atoms with Gasteiger partial charge in [-0.2, -0.15) is 5.10 Å². The Morgan fingerprint density at radius 3 is 3.05 bits per heavy atom. The van der Waals surface area contributed by atoms with E-state index < -0.39 is 21.6 Å². The molecule has 0 radical (unpaired) electrons. The Balaban J connectivity index is 2.13. The van der Waals surface area contributed by atoms with Crippen LogP contribution in [0.4, 0.5) is 0 Å². The fourth-order valence-corrected chi connectivity index (χ4v) is 3.07. The van der Waals surface area contributed by atoms with Crippen molar-refractivity contribution in [1.29, 1.82) is 0 Å². The summed E-state index contributed by atoms with van der Waals surface area (Å²) in [5.41, 5.74) is -1.42. The fourth-order valence-electron chi connectivity index (χ4n) is 1.87. The molecule has 1 aliphatic heterocycles. The number of carbonyl (C=O) groups is 1. The van der Waals surface area contributed by atoms with Gasteiger partial charge in [0.1, 0.15) is 11.2 Å². The lowest BCUT2D eigenvalue weighted by Gasteiger charge is -2.20. The van der Waals surface area contributed by atoms with Crippen molar-refractivity contribution in [2.45, 2.75) is 24.0 Å². The molecule has 0 aliphatic carbocycles. The van der Waals surface area contributed by atoms with Crippen LogP contribution in [0.2, 0.25) is 0 Å². The number of esters is 1. The Labute approximate surface area is 121 Å². The summed E-state index contributed by atoms with van der Waals surface area (Å²) in [6, 6.07) is 0. The van der Waals surface area contributed by atoms with E-state index in [2.05, 4.69) is 14.9 Å². The number of hydrogen-bond acceptors (Lipinski definition) is 7. The zero-order valence-electron chi connectivity index (χ0n) is 11.5. The minimum absolute atomic E-state index is 0.0588. The maximum Gasteiger partial charge on any atom is 0.342 e. The summed E-state index contributed by atoms with van der Waals surface area (Å²) in [7, 11) is -4.02. The highest BCUT2D eigenvalue weighted by atomic mass is 32.2. The van der Waals surface area contributed by atoms with E-state index in [-0.39, 0.29) is 30.3 Å². The number of rotatable bonds is 6. The molecule has 0 amide bonds. The van der Waals surface area contributed by atoms with Crippen molar-refractivity contribution in [3.63, 3.8) is 0 Å². The molecule has 1 aromatic rings. The molecule has 0 spiro atoms. The van der Waals surface area contributed by atoms with Gasteiger partial charge in [0, 0.05) is 19.6 Å². The smallest absolute Gasteiger partial charge is 0.342 e. The lowest BCUT2D eigenvalue weighted by molar-refractivity contribution is 0.0314. The van der Waals surface area contributed by atoms with E-state index >= 15 is 0 Å². The van der Waals surface area contributed by atoms with Crippen molar-refractivity contribution in [3.8, 4) is 0 Å². The van der Waals surface area contributed by atoms with Crippen LogP contribution in [0, 0.1) is 0 Å². The van der Waals surface area contributed by atoms with Crippen molar-refractivity contribution in [2.75, 3.05) is 26.4 Å². The van der Waals surface area contributed by atoms with Crippen molar-refractivity contribution in [2.24, 2.45) is 0 Å². The van der Waals surface area contributed by atoms with Crippen LogP contribution in [-0.4, -0.2) is 61.7 Å². The number of sulfonamides is 1. The third-order valence-corrected chi connectivity index (χ3v) is 4.42. The first kappa shape index (κ1) is 15.9. The fraction of sp³-hybridized carbons (Fsp3) is 0.636. The van der Waals surface area contributed by atoms with Crippen molar-refractivity contribution in [1.82, 2.24) is 14.9 Å². The lowest BCUT2D eigenvalue weighted by Crippen LogP contribution is -2.43. The predicted molar refractivity (Wildman–Crippen MR) is 70.1 cm³/mol. The number of carbonyl (C=O) groups excluding carboxylic acids is 1. The second kappa shape index (κ2) is 6.10. The zero-order valence-corrected chi connectivity index (χ0v) is 12.3. The van der Waals surface area contributed by atoms with Gasteiger partial charge in [-0.3, -0.25) is 5.10 Å². The Morgan fingerprint density at radius 1 is 1.67 bits per heavy atom. The molecular weight excluding hydrogens is 302 g/mol. The predicted octanol–water partition coefficient (Wildman–Crippen LogP) is -0.984. The Morgan fingerprint density at radius 2 is 2.43 bits per heavy atom. The minimum Gasteiger partial charge on any atom is -0.462 e. The average molecular weight is 319 g/mol. The standard InChI is InChI=1S/C11H17N3O6S/c1-2-20-10(15)8-5-12-14-9(8)21(17,18)13-6-11(16)3-4-19-7-11/h5,13,16H,2-4,6-7H2,1H3,(H,12,14). The number of aromatic amines is 1. The van der Waals surface area contributed by atoms with E-state index in [1.165, 1.54) is 0 Å². The summed E-state index contributed by atoms with van der Waals surface area (Å²) in [5, 5.41) is 15.5. The summed E-state index contributed by atoms with van der Waals surface area (Å²) >= 11 is 0. The van der Waals surface area contributed by atoms with E-state index in [1.54, 1.807) is 6.92 Å². The highest BCUT2D eigenvalue weighted by Crippen LogP contribution is 2.19. The molecule has 3 N–H and O–H groups in total.